The standard InChI is InChI=1S/C15H21NS.ClH/c1-2-4-14(3-1)16-9-7-12-5-6-15-13(11-12)8-10-17-15;/h8,10-11,14,16H,1-7,9H2;1H. The normalized spacial score (nSPS) is 19.2. The molecule has 0 unspecified atom stereocenters. The smallest absolute Gasteiger partial charge is 0.0121 e. The summed E-state index contributed by atoms with van der Waals surface area (Å²) in [7, 11) is 0. The zero-order valence-electron chi connectivity index (χ0n) is 10.8. The highest BCUT2D eigenvalue weighted by atomic mass is 35.5. The Morgan fingerprint density at radius 2 is 2.06 bits per heavy atom. The molecule has 0 amide bonds. The lowest BCUT2D eigenvalue weighted by molar-refractivity contribution is 0.525. The van der Waals surface area contributed by atoms with Gasteiger partial charge < -0.3 is 5.32 Å². The first-order chi connectivity index (χ1) is 8.42. The monoisotopic (exact) mass is 283 g/mol. The molecule has 100 valence electrons. The van der Waals surface area contributed by atoms with Crippen LogP contribution in [-0.2, 0) is 6.42 Å². The molecule has 0 spiro atoms. The summed E-state index contributed by atoms with van der Waals surface area (Å²) in [6.45, 7) is 1.18. The summed E-state index contributed by atoms with van der Waals surface area (Å²) in [5, 5.41) is 5.93. The van der Waals surface area contributed by atoms with Crippen molar-refractivity contribution in [3.8, 4) is 0 Å². The van der Waals surface area contributed by atoms with E-state index in [2.05, 4.69) is 22.8 Å². The van der Waals surface area contributed by atoms with Gasteiger partial charge in [0.1, 0.15) is 0 Å². The molecule has 3 rings (SSSR count). The van der Waals surface area contributed by atoms with E-state index in [1.807, 2.05) is 11.3 Å². The van der Waals surface area contributed by atoms with Crippen molar-refractivity contribution < 1.29 is 0 Å². The Kier molecular flexibility index (Phi) is 5.28. The van der Waals surface area contributed by atoms with Crippen LogP contribution in [0.4, 0.5) is 0 Å². The Bertz CT molecular complexity index is 404. The molecule has 0 bridgehead atoms. The van der Waals surface area contributed by atoms with Crippen LogP contribution in [0.1, 0.15) is 49.0 Å². The molecule has 1 aromatic rings. The molecule has 1 N–H and O–H groups in total. The third-order valence-electron chi connectivity index (χ3n) is 4.05. The van der Waals surface area contributed by atoms with E-state index in [1.165, 1.54) is 57.1 Å². The summed E-state index contributed by atoms with van der Waals surface area (Å²) in [6, 6.07) is 3.08. The molecule has 1 saturated carbocycles. The fourth-order valence-corrected chi connectivity index (χ4v) is 3.87. The van der Waals surface area contributed by atoms with E-state index in [0.717, 1.165) is 6.04 Å². The van der Waals surface area contributed by atoms with Crippen LogP contribution < -0.4 is 5.32 Å². The first-order valence-electron chi connectivity index (χ1n) is 6.91. The minimum Gasteiger partial charge on any atom is -0.314 e. The molecule has 2 aliphatic rings. The highest BCUT2D eigenvalue weighted by Gasteiger charge is 2.15. The van der Waals surface area contributed by atoms with E-state index in [4.69, 9.17) is 0 Å². The molecule has 1 fully saturated rings. The number of hydrogen-bond acceptors (Lipinski definition) is 2. The molecular weight excluding hydrogens is 262 g/mol. The maximum atomic E-state index is 3.71. The lowest BCUT2D eigenvalue weighted by Gasteiger charge is -2.16. The van der Waals surface area contributed by atoms with Gasteiger partial charge in [0.2, 0.25) is 0 Å². The van der Waals surface area contributed by atoms with Crippen LogP contribution in [0.5, 0.6) is 0 Å². The number of nitrogens with one attached hydrogen (secondary N) is 1. The van der Waals surface area contributed by atoms with Gasteiger partial charge in [-0.1, -0.05) is 24.5 Å². The number of thiophene rings is 1. The molecule has 1 heterocycles. The Labute approximate surface area is 120 Å². The molecule has 0 saturated heterocycles. The average Bonchev–Trinajstić information content (AvgIpc) is 2.98. The van der Waals surface area contributed by atoms with Crippen LogP contribution >= 0.6 is 23.7 Å². The van der Waals surface area contributed by atoms with Gasteiger partial charge in [0.25, 0.3) is 0 Å². The van der Waals surface area contributed by atoms with Crippen molar-refractivity contribution in [3.63, 3.8) is 0 Å². The van der Waals surface area contributed by atoms with Gasteiger partial charge in [-0.25, -0.2) is 0 Å². The fourth-order valence-electron chi connectivity index (χ4n) is 3.01. The zero-order valence-corrected chi connectivity index (χ0v) is 12.4. The highest BCUT2D eigenvalue weighted by Crippen LogP contribution is 2.29. The average molecular weight is 284 g/mol. The van der Waals surface area contributed by atoms with Crippen molar-refractivity contribution in [1.29, 1.82) is 0 Å². The van der Waals surface area contributed by atoms with Gasteiger partial charge in [-0.3, -0.25) is 0 Å². The van der Waals surface area contributed by atoms with E-state index in [9.17, 15) is 0 Å². The zero-order chi connectivity index (χ0) is 11.5. The number of hydrogen-bond donors (Lipinski definition) is 1. The van der Waals surface area contributed by atoms with Crippen LogP contribution in [0.2, 0.25) is 0 Å². The maximum absolute atomic E-state index is 3.71. The predicted octanol–water partition coefficient (Wildman–Crippen LogP) is 4.42. The van der Waals surface area contributed by atoms with Crippen LogP contribution in [-0.4, -0.2) is 12.6 Å². The predicted molar refractivity (Wildman–Crippen MR) is 82.7 cm³/mol. The van der Waals surface area contributed by atoms with Gasteiger partial charge in [-0.15, -0.1) is 23.7 Å². The van der Waals surface area contributed by atoms with Gasteiger partial charge in [0.05, 0.1) is 0 Å². The molecule has 0 atom stereocenters. The number of fused-ring (bicyclic) bond motifs is 1. The van der Waals surface area contributed by atoms with Gasteiger partial charge >= 0.3 is 0 Å². The SMILES string of the molecule is C1=C(CCNC2CCCC2)CCc2sccc21.Cl. The Hall–Kier alpha value is -0.310. The van der Waals surface area contributed by atoms with Crippen molar-refractivity contribution in [2.75, 3.05) is 6.54 Å². The van der Waals surface area contributed by atoms with E-state index in [-0.39, 0.29) is 12.4 Å². The summed E-state index contributed by atoms with van der Waals surface area (Å²) in [5.74, 6) is 0. The van der Waals surface area contributed by atoms with Crippen LogP contribution in [0, 0.1) is 0 Å². The number of aryl methyl sites for hydroxylation is 1. The highest BCUT2D eigenvalue weighted by molar-refractivity contribution is 7.10. The van der Waals surface area contributed by atoms with E-state index >= 15 is 0 Å². The summed E-state index contributed by atoms with van der Waals surface area (Å²) in [6.07, 6.45) is 11.9. The Morgan fingerprint density at radius 1 is 1.22 bits per heavy atom. The second kappa shape index (κ2) is 6.74. The molecule has 18 heavy (non-hydrogen) atoms. The summed E-state index contributed by atoms with van der Waals surface area (Å²) >= 11 is 1.91. The number of rotatable bonds is 4. The topological polar surface area (TPSA) is 12.0 Å². The first-order valence-corrected chi connectivity index (χ1v) is 7.79. The molecule has 2 aliphatic carbocycles. The lowest BCUT2D eigenvalue weighted by Crippen LogP contribution is -2.27. The molecule has 1 aromatic heterocycles. The lowest BCUT2D eigenvalue weighted by atomic mass is 9.96. The molecule has 3 heteroatoms. The van der Waals surface area contributed by atoms with E-state index in [0.29, 0.717) is 0 Å². The minimum absolute atomic E-state index is 0. The van der Waals surface area contributed by atoms with Crippen molar-refractivity contribution >= 4 is 29.8 Å². The molecule has 0 aromatic carbocycles. The second-order valence-electron chi connectivity index (χ2n) is 5.29. The third-order valence-corrected chi connectivity index (χ3v) is 5.04. The Balaban J connectivity index is 0.00000120. The minimum atomic E-state index is 0. The van der Waals surface area contributed by atoms with Crippen molar-refractivity contribution in [3.05, 3.63) is 27.5 Å². The molecule has 0 radical (unpaired) electrons. The van der Waals surface area contributed by atoms with Gasteiger partial charge in [-0.2, -0.15) is 0 Å². The fraction of sp³-hybridized carbons (Fsp3) is 0.600. The second-order valence-corrected chi connectivity index (χ2v) is 6.29. The van der Waals surface area contributed by atoms with Gasteiger partial charge in [-0.05, 0) is 55.7 Å². The Morgan fingerprint density at radius 3 is 2.89 bits per heavy atom. The quantitative estimate of drug-likeness (QED) is 0.862. The maximum Gasteiger partial charge on any atom is 0.0121 e. The summed E-state index contributed by atoms with van der Waals surface area (Å²) in [5.41, 5.74) is 3.12. The summed E-state index contributed by atoms with van der Waals surface area (Å²) in [4.78, 5) is 1.58. The third kappa shape index (κ3) is 3.37. The van der Waals surface area contributed by atoms with Gasteiger partial charge in [0, 0.05) is 10.9 Å². The molecule has 1 nitrogen and oxygen atoms in total. The first kappa shape index (κ1) is 14.1. The van der Waals surface area contributed by atoms with Crippen molar-refractivity contribution in [2.24, 2.45) is 0 Å². The van der Waals surface area contributed by atoms with E-state index in [1.54, 1.807) is 10.5 Å². The largest absolute Gasteiger partial charge is 0.314 e. The summed E-state index contributed by atoms with van der Waals surface area (Å²) < 4.78 is 0. The van der Waals surface area contributed by atoms with Crippen LogP contribution in [0.25, 0.3) is 6.08 Å². The van der Waals surface area contributed by atoms with Crippen molar-refractivity contribution in [2.45, 2.75) is 51.0 Å². The van der Waals surface area contributed by atoms with E-state index < -0.39 is 0 Å². The van der Waals surface area contributed by atoms with Crippen LogP contribution in [0.3, 0.4) is 0 Å². The number of halogens is 1. The van der Waals surface area contributed by atoms with Gasteiger partial charge in [0.15, 0.2) is 0 Å². The molecule has 0 aliphatic heterocycles. The van der Waals surface area contributed by atoms with Crippen LogP contribution in [0.15, 0.2) is 17.0 Å². The van der Waals surface area contributed by atoms with Crippen molar-refractivity contribution in [1.82, 2.24) is 5.32 Å². The molecular formula is C15H22ClNS.